The minimum absolute atomic E-state index is 0.0189. The van der Waals surface area contributed by atoms with E-state index in [2.05, 4.69) is 25.3 Å². The number of aromatic nitrogens is 4. The van der Waals surface area contributed by atoms with E-state index in [-0.39, 0.29) is 28.7 Å². The van der Waals surface area contributed by atoms with Crippen LogP contribution in [0.2, 0.25) is 0 Å². The van der Waals surface area contributed by atoms with Gasteiger partial charge in [0.2, 0.25) is 5.95 Å². The molecule has 0 unspecified atom stereocenters. The summed E-state index contributed by atoms with van der Waals surface area (Å²) in [5.74, 6) is -0.842. The standard InChI is InChI=1S/C24H25F2N7O2/c1-34-16-7-5-15(6-8-16)33-22(27)19-21(17-3-2-4-18(25)20(17)26)29-24(30-23(19)31-33)28-9-10-32-11-13-35-14-12-32/h2-8H,9-14,27H2,1H3,(H,28,30,31). The van der Waals surface area contributed by atoms with Gasteiger partial charge in [-0.05, 0) is 36.4 Å². The molecule has 2 aromatic heterocycles. The van der Waals surface area contributed by atoms with E-state index in [9.17, 15) is 8.78 Å². The number of halogens is 2. The van der Waals surface area contributed by atoms with Gasteiger partial charge in [-0.3, -0.25) is 4.90 Å². The predicted octanol–water partition coefficient (Wildman–Crippen LogP) is 3.10. The summed E-state index contributed by atoms with van der Waals surface area (Å²) in [6, 6.07) is 11.1. The Labute approximate surface area is 200 Å². The number of nitrogens with one attached hydrogen (secondary N) is 1. The van der Waals surface area contributed by atoms with Crippen LogP contribution in [0, 0.1) is 11.6 Å². The molecule has 1 aliphatic rings. The summed E-state index contributed by atoms with van der Waals surface area (Å²) in [4.78, 5) is 11.3. The van der Waals surface area contributed by atoms with E-state index >= 15 is 0 Å². The number of fused-ring (bicyclic) bond motifs is 1. The molecular formula is C24H25F2N7O2. The number of anilines is 2. The second-order valence-electron chi connectivity index (χ2n) is 8.07. The molecule has 1 saturated heterocycles. The van der Waals surface area contributed by atoms with Crippen molar-refractivity contribution in [2.45, 2.75) is 0 Å². The van der Waals surface area contributed by atoms with Crippen molar-refractivity contribution < 1.29 is 18.3 Å². The first-order chi connectivity index (χ1) is 17.0. The first-order valence-electron chi connectivity index (χ1n) is 11.2. The summed E-state index contributed by atoms with van der Waals surface area (Å²) in [5, 5.41) is 8.07. The molecule has 3 heterocycles. The van der Waals surface area contributed by atoms with Crippen molar-refractivity contribution in [2.75, 3.05) is 57.6 Å². The number of hydrogen-bond acceptors (Lipinski definition) is 8. The monoisotopic (exact) mass is 481 g/mol. The third-order valence-electron chi connectivity index (χ3n) is 5.91. The molecule has 0 radical (unpaired) electrons. The van der Waals surface area contributed by atoms with E-state index in [4.69, 9.17) is 15.2 Å². The lowest BCUT2D eigenvalue weighted by Gasteiger charge is -2.26. The lowest BCUT2D eigenvalue weighted by atomic mass is 10.1. The molecule has 0 bridgehead atoms. The van der Waals surface area contributed by atoms with E-state index in [1.165, 1.54) is 16.8 Å². The van der Waals surface area contributed by atoms with Crippen LogP contribution in [0.25, 0.3) is 28.0 Å². The lowest BCUT2D eigenvalue weighted by Crippen LogP contribution is -2.39. The van der Waals surface area contributed by atoms with E-state index in [0.29, 0.717) is 36.6 Å². The SMILES string of the molecule is COc1ccc(-n2nc3nc(NCCN4CCOCC4)nc(-c4cccc(F)c4F)c3c2N)cc1. The van der Waals surface area contributed by atoms with Crippen LogP contribution in [0.1, 0.15) is 0 Å². The molecule has 0 spiro atoms. The average Bonchev–Trinajstić information content (AvgIpc) is 3.22. The predicted molar refractivity (Wildman–Crippen MR) is 129 cm³/mol. The highest BCUT2D eigenvalue weighted by molar-refractivity contribution is 5.99. The molecule has 0 aliphatic carbocycles. The topological polar surface area (TPSA) is 103 Å². The van der Waals surface area contributed by atoms with Crippen LogP contribution in [-0.2, 0) is 4.74 Å². The van der Waals surface area contributed by atoms with Gasteiger partial charge in [0.05, 0.1) is 37.1 Å². The van der Waals surface area contributed by atoms with Crippen molar-refractivity contribution in [1.82, 2.24) is 24.6 Å². The number of ether oxygens (including phenoxy) is 2. The second-order valence-corrected chi connectivity index (χ2v) is 8.07. The smallest absolute Gasteiger partial charge is 0.225 e. The van der Waals surface area contributed by atoms with E-state index in [1.807, 2.05) is 0 Å². The fourth-order valence-corrected chi connectivity index (χ4v) is 4.04. The highest BCUT2D eigenvalue weighted by Crippen LogP contribution is 2.34. The second kappa shape index (κ2) is 9.80. The zero-order valence-corrected chi connectivity index (χ0v) is 19.2. The van der Waals surface area contributed by atoms with Crippen LogP contribution in [0.4, 0.5) is 20.5 Å². The number of nitrogens with zero attached hydrogens (tertiary/aromatic N) is 5. The summed E-state index contributed by atoms with van der Waals surface area (Å²) in [7, 11) is 1.58. The summed E-state index contributed by atoms with van der Waals surface area (Å²) < 4.78 is 41.0. The maximum absolute atomic E-state index is 14.8. The van der Waals surface area contributed by atoms with E-state index < -0.39 is 11.6 Å². The zero-order chi connectivity index (χ0) is 24.4. The molecule has 0 amide bonds. The highest BCUT2D eigenvalue weighted by atomic mass is 19.2. The minimum atomic E-state index is -1.01. The van der Waals surface area contributed by atoms with E-state index in [1.54, 1.807) is 31.4 Å². The number of methoxy groups -OCH3 is 1. The number of rotatable bonds is 7. The van der Waals surface area contributed by atoms with Crippen molar-refractivity contribution in [3.8, 4) is 22.7 Å². The molecular weight excluding hydrogens is 456 g/mol. The fourth-order valence-electron chi connectivity index (χ4n) is 4.04. The van der Waals surface area contributed by atoms with Crippen molar-refractivity contribution in [2.24, 2.45) is 0 Å². The van der Waals surface area contributed by atoms with Gasteiger partial charge in [0.1, 0.15) is 11.6 Å². The number of hydrogen-bond donors (Lipinski definition) is 2. The zero-order valence-electron chi connectivity index (χ0n) is 19.2. The summed E-state index contributed by atoms with van der Waals surface area (Å²) in [6.07, 6.45) is 0. The van der Waals surface area contributed by atoms with Gasteiger partial charge in [-0.15, -0.1) is 5.10 Å². The molecule has 9 nitrogen and oxygen atoms in total. The Bertz CT molecular complexity index is 1340. The summed E-state index contributed by atoms with van der Waals surface area (Å²) in [5.41, 5.74) is 7.52. The van der Waals surface area contributed by atoms with Gasteiger partial charge in [-0.1, -0.05) is 6.07 Å². The molecule has 0 atom stereocenters. The number of morpholine rings is 1. The molecule has 3 N–H and O–H groups in total. The molecule has 11 heteroatoms. The van der Waals surface area contributed by atoms with Crippen molar-refractivity contribution in [3.63, 3.8) is 0 Å². The van der Waals surface area contributed by atoms with Gasteiger partial charge >= 0.3 is 0 Å². The normalized spacial score (nSPS) is 14.4. The van der Waals surface area contributed by atoms with Gasteiger partial charge < -0.3 is 20.5 Å². The number of nitrogen functional groups attached to an aromatic ring is 1. The van der Waals surface area contributed by atoms with Crippen molar-refractivity contribution in [3.05, 3.63) is 54.1 Å². The Morgan fingerprint density at radius 3 is 2.60 bits per heavy atom. The van der Waals surface area contributed by atoms with Crippen LogP contribution in [0.3, 0.4) is 0 Å². The molecule has 5 rings (SSSR count). The van der Waals surface area contributed by atoms with Crippen LogP contribution >= 0.6 is 0 Å². The maximum Gasteiger partial charge on any atom is 0.225 e. The molecule has 0 saturated carbocycles. The van der Waals surface area contributed by atoms with Crippen molar-refractivity contribution in [1.29, 1.82) is 0 Å². The van der Waals surface area contributed by atoms with Gasteiger partial charge in [0, 0.05) is 31.7 Å². The first-order valence-corrected chi connectivity index (χ1v) is 11.2. The Morgan fingerprint density at radius 2 is 1.86 bits per heavy atom. The quantitative estimate of drug-likeness (QED) is 0.415. The maximum atomic E-state index is 14.8. The Hall–Kier alpha value is -3.83. The average molecular weight is 482 g/mol. The Balaban J connectivity index is 1.56. The van der Waals surface area contributed by atoms with Gasteiger partial charge in [0.25, 0.3) is 0 Å². The molecule has 1 fully saturated rings. The highest BCUT2D eigenvalue weighted by Gasteiger charge is 2.22. The van der Waals surface area contributed by atoms with Crippen LogP contribution in [0.15, 0.2) is 42.5 Å². The molecule has 1 aliphatic heterocycles. The number of benzene rings is 2. The third-order valence-corrected chi connectivity index (χ3v) is 5.91. The molecule has 35 heavy (non-hydrogen) atoms. The van der Waals surface area contributed by atoms with Gasteiger partial charge in [-0.25, -0.2) is 18.4 Å². The summed E-state index contributed by atoms with van der Waals surface area (Å²) in [6.45, 7) is 4.43. The fraction of sp³-hybridized carbons (Fsp3) is 0.292. The Morgan fingerprint density at radius 1 is 1.09 bits per heavy atom. The molecule has 182 valence electrons. The molecule has 2 aromatic carbocycles. The largest absolute Gasteiger partial charge is 0.497 e. The van der Waals surface area contributed by atoms with Crippen LogP contribution in [0.5, 0.6) is 5.75 Å². The first kappa shape index (κ1) is 22.9. The van der Waals surface area contributed by atoms with Gasteiger partial charge in [0.15, 0.2) is 17.3 Å². The third kappa shape index (κ3) is 4.60. The Kier molecular flexibility index (Phi) is 6.43. The summed E-state index contributed by atoms with van der Waals surface area (Å²) >= 11 is 0. The molecule has 4 aromatic rings. The number of nitrogens with two attached hydrogens (primary N) is 1. The van der Waals surface area contributed by atoms with Gasteiger partial charge in [-0.2, -0.15) is 4.98 Å². The van der Waals surface area contributed by atoms with Crippen LogP contribution in [-0.4, -0.2) is 71.2 Å². The van der Waals surface area contributed by atoms with Crippen LogP contribution < -0.4 is 15.8 Å². The van der Waals surface area contributed by atoms with E-state index in [0.717, 1.165) is 25.7 Å². The van der Waals surface area contributed by atoms with Crippen molar-refractivity contribution >= 4 is 22.8 Å². The minimum Gasteiger partial charge on any atom is -0.497 e. The lowest BCUT2D eigenvalue weighted by molar-refractivity contribution is 0.0398.